The number of carboxylic acids is 1. The minimum atomic E-state index is -1.04. The summed E-state index contributed by atoms with van der Waals surface area (Å²) in [6.07, 6.45) is 0. The van der Waals surface area contributed by atoms with Crippen LogP contribution in [-0.4, -0.2) is 48.1 Å². The Morgan fingerprint density at radius 1 is 1.61 bits per heavy atom. The van der Waals surface area contributed by atoms with Gasteiger partial charge in [0.1, 0.15) is 6.04 Å². The molecule has 1 heterocycles. The summed E-state index contributed by atoms with van der Waals surface area (Å²) >= 11 is 0.880. The van der Waals surface area contributed by atoms with Gasteiger partial charge >= 0.3 is 11.0 Å². The molecule has 0 saturated carbocycles. The van der Waals surface area contributed by atoms with Gasteiger partial charge in [0, 0.05) is 24.0 Å². The number of carbonyl (C=O) groups is 1. The molecular weight excluding hydrogens is 258 g/mol. The van der Waals surface area contributed by atoms with Crippen LogP contribution in [0.2, 0.25) is 0 Å². The van der Waals surface area contributed by atoms with Crippen LogP contribution >= 0.6 is 11.3 Å². The third kappa shape index (κ3) is 4.06. The standard InChI is InChI=1S/C10H15N3O4S/c1-12(2)6-5-11-9(10(14)15)7-3-4-8(18-7)13(16)17/h3-4,9,11H,5-6H2,1-2H3,(H,14,15). The fourth-order valence-corrected chi connectivity index (χ4v) is 2.23. The zero-order chi connectivity index (χ0) is 13.7. The van der Waals surface area contributed by atoms with Gasteiger partial charge in [0.15, 0.2) is 0 Å². The molecule has 1 atom stereocenters. The molecule has 0 radical (unpaired) electrons. The number of rotatable bonds is 7. The number of hydrogen-bond acceptors (Lipinski definition) is 6. The van der Waals surface area contributed by atoms with Crippen LogP contribution < -0.4 is 5.32 Å². The van der Waals surface area contributed by atoms with Crippen molar-refractivity contribution in [2.45, 2.75) is 6.04 Å². The van der Waals surface area contributed by atoms with Gasteiger partial charge in [0.2, 0.25) is 0 Å². The summed E-state index contributed by atoms with van der Waals surface area (Å²) < 4.78 is 0. The quantitative estimate of drug-likeness (QED) is 0.567. The summed E-state index contributed by atoms with van der Waals surface area (Å²) in [5.41, 5.74) is 0. The Morgan fingerprint density at radius 3 is 2.72 bits per heavy atom. The average molecular weight is 273 g/mol. The Labute approximate surface area is 108 Å². The average Bonchev–Trinajstić information content (AvgIpc) is 2.72. The number of nitrogens with zero attached hydrogens (tertiary/aromatic N) is 2. The zero-order valence-corrected chi connectivity index (χ0v) is 10.9. The SMILES string of the molecule is CN(C)CCNC(C(=O)O)c1ccc([N+](=O)[O-])s1. The lowest BCUT2D eigenvalue weighted by Gasteiger charge is -2.15. The fraction of sp³-hybridized carbons (Fsp3) is 0.500. The lowest BCUT2D eigenvalue weighted by molar-refractivity contribution is -0.380. The van der Waals surface area contributed by atoms with Gasteiger partial charge in [-0.05, 0) is 20.2 Å². The lowest BCUT2D eigenvalue weighted by Crippen LogP contribution is -2.33. The van der Waals surface area contributed by atoms with E-state index < -0.39 is 16.9 Å². The van der Waals surface area contributed by atoms with E-state index in [1.54, 1.807) is 0 Å². The largest absolute Gasteiger partial charge is 0.480 e. The van der Waals surface area contributed by atoms with Crippen molar-refractivity contribution >= 4 is 22.3 Å². The van der Waals surface area contributed by atoms with Crippen LogP contribution in [0.1, 0.15) is 10.9 Å². The molecule has 0 spiro atoms. The lowest BCUT2D eigenvalue weighted by atomic mass is 10.2. The van der Waals surface area contributed by atoms with Crippen molar-refractivity contribution in [2.24, 2.45) is 0 Å². The highest BCUT2D eigenvalue weighted by molar-refractivity contribution is 7.15. The van der Waals surface area contributed by atoms with Crippen LogP contribution in [0.5, 0.6) is 0 Å². The van der Waals surface area contributed by atoms with E-state index in [0.29, 0.717) is 18.0 Å². The molecule has 100 valence electrons. The Balaban J connectivity index is 2.71. The number of likely N-dealkylation sites (N-methyl/N-ethyl adjacent to an activating group) is 1. The van der Waals surface area contributed by atoms with Gasteiger partial charge in [-0.1, -0.05) is 11.3 Å². The highest BCUT2D eigenvalue weighted by atomic mass is 32.1. The second kappa shape index (κ2) is 6.43. The van der Waals surface area contributed by atoms with Gasteiger partial charge in [-0.3, -0.25) is 20.2 Å². The van der Waals surface area contributed by atoms with Crippen molar-refractivity contribution in [2.75, 3.05) is 27.2 Å². The maximum Gasteiger partial charge on any atom is 0.326 e. The van der Waals surface area contributed by atoms with Crippen molar-refractivity contribution in [3.8, 4) is 0 Å². The monoisotopic (exact) mass is 273 g/mol. The van der Waals surface area contributed by atoms with E-state index in [0.717, 1.165) is 11.3 Å². The first kappa shape index (κ1) is 14.6. The molecule has 0 saturated heterocycles. The molecule has 0 fully saturated rings. The molecule has 18 heavy (non-hydrogen) atoms. The van der Waals surface area contributed by atoms with E-state index in [1.807, 2.05) is 19.0 Å². The van der Waals surface area contributed by atoms with Crippen molar-refractivity contribution in [3.05, 3.63) is 27.1 Å². The fourth-order valence-electron chi connectivity index (χ4n) is 1.34. The molecule has 0 aliphatic rings. The number of aliphatic carboxylic acids is 1. The maximum absolute atomic E-state index is 11.1. The first-order chi connectivity index (χ1) is 8.41. The van der Waals surface area contributed by atoms with E-state index in [2.05, 4.69) is 5.32 Å². The Kier molecular flexibility index (Phi) is 5.20. The zero-order valence-electron chi connectivity index (χ0n) is 10.1. The highest BCUT2D eigenvalue weighted by Gasteiger charge is 2.23. The highest BCUT2D eigenvalue weighted by Crippen LogP contribution is 2.28. The minimum absolute atomic E-state index is 0.0503. The first-order valence-electron chi connectivity index (χ1n) is 5.27. The van der Waals surface area contributed by atoms with Gasteiger partial charge in [0.05, 0.1) is 4.92 Å². The molecule has 0 aliphatic heterocycles. The molecule has 1 aromatic heterocycles. The number of nitro groups is 1. The number of nitrogens with one attached hydrogen (secondary N) is 1. The molecular formula is C10H15N3O4S. The van der Waals surface area contributed by atoms with E-state index in [4.69, 9.17) is 5.11 Å². The van der Waals surface area contributed by atoms with Crippen LogP contribution in [0.4, 0.5) is 5.00 Å². The van der Waals surface area contributed by atoms with Crippen LogP contribution in [0.15, 0.2) is 12.1 Å². The van der Waals surface area contributed by atoms with Gasteiger partial charge in [-0.25, -0.2) is 0 Å². The summed E-state index contributed by atoms with van der Waals surface area (Å²) in [6, 6.07) is 1.90. The summed E-state index contributed by atoms with van der Waals surface area (Å²) in [7, 11) is 3.76. The normalized spacial score (nSPS) is 12.6. The first-order valence-corrected chi connectivity index (χ1v) is 6.08. The van der Waals surface area contributed by atoms with E-state index in [9.17, 15) is 14.9 Å². The smallest absolute Gasteiger partial charge is 0.326 e. The number of carboxylic acid groups (broad SMARTS) is 1. The van der Waals surface area contributed by atoms with Gasteiger partial charge in [-0.15, -0.1) is 0 Å². The molecule has 8 heteroatoms. The molecule has 1 rings (SSSR count). The summed E-state index contributed by atoms with van der Waals surface area (Å²) in [5, 5.41) is 22.5. The van der Waals surface area contributed by atoms with Crippen LogP contribution in [0, 0.1) is 10.1 Å². The molecule has 0 amide bonds. The second-order valence-electron chi connectivity index (χ2n) is 3.96. The Bertz CT molecular complexity index is 433. The maximum atomic E-state index is 11.1. The molecule has 0 bridgehead atoms. The number of thiophene rings is 1. The summed E-state index contributed by atoms with van der Waals surface area (Å²) in [4.78, 5) is 23.5. The van der Waals surface area contributed by atoms with Gasteiger partial charge in [0.25, 0.3) is 0 Å². The summed E-state index contributed by atoms with van der Waals surface area (Å²) in [6.45, 7) is 1.19. The molecule has 0 aliphatic carbocycles. The van der Waals surface area contributed by atoms with Crippen LogP contribution in [-0.2, 0) is 4.79 Å². The Morgan fingerprint density at radius 2 is 2.28 bits per heavy atom. The molecule has 0 aromatic carbocycles. The molecule has 1 unspecified atom stereocenters. The van der Waals surface area contributed by atoms with Crippen molar-refractivity contribution in [1.82, 2.24) is 10.2 Å². The third-order valence-corrected chi connectivity index (χ3v) is 3.33. The minimum Gasteiger partial charge on any atom is -0.480 e. The third-order valence-electron chi connectivity index (χ3n) is 2.23. The second-order valence-corrected chi connectivity index (χ2v) is 5.06. The van der Waals surface area contributed by atoms with E-state index in [1.165, 1.54) is 12.1 Å². The predicted molar refractivity (Wildman–Crippen MR) is 67.9 cm³/mol. The number of hydrogen-bond donors (Lipinski definition) is 2. The summed E-state index contributed by atoms with van der Waals surface area (Å²) in [5.74, 6) is -1.04. The molecule has 7 nitrogen and oxygen atoms in total. The van der Waals surface area contributed by atoms with Crippen LogP contribution in [0.25, 0.3) is 0 Å². The van der Waals surface area contributed by atoms with E-state index >= 15 is 0 Å². The van der Waals surface area contributed by atoms with Gasteiger partial charge < -0.3 is 10.0 Å². The van der Waals surface area contributed by atoms with Crippen LogP contribution in [0.3, 0.4) is 0 Å². The topological polar surface area (TPSA) is 95.7 Å². The van der Waals surface area contributed by atoms with Gasteiger partial charge in [-0.2, -0.15) is 0 Å². The molecule has 2 N–H and O–H groups in total. The van der Waals surface area contributed by atoms with Crippen molar-refractivity contribution in [3.63, 3.8) is 0 Å². The Hall–Kier alpha value is -1.51. The predicted octanol–water partition coefficient (Wildman–Crippen LogP) is 0.933. The molecule has 1 aromatic rings. The van der Waals surface area contributed by atoms with Crippen molar-refractivity contribution in [1.29, 1.82) is 0 Å². The van der Waals surface area contributed by atoms with E-state index in [-0.39, 0.29) is 5.00 Å². The van der Waals surface area contributed by atoms with Crippen molar-refractivity contribution < 1.29 is 14.8 Å².